The minimum Gasteiger partial charge on any atom is -0.365 e. The molecule has 3 rings (SSSR count). The van der Waals surface area contributed by atoms with E-state index in [1.807, 2.05) is 50.6 Å². The summed E-state index contributed by atoms with van der Waals surface area (Å²) in [6.07, 6.45) is 0.691. The number of primary amides is 1. The molecule has 0 saturated carbocycles. The van der Waals surface area contributed by atoms with Crippen molar-refractivity contribution in [3.05, 3.63) is 41.3 Å². The van der Waals surface area contributed by atoms with Crippen molar-refractivity contribution in [3.8, 4) is 0 Å². The predicted octanol–water partition coefficient (Wildman–Crippen LogP) is 3.28. The van der Waals surface area contributed by atoms with Gasteiger partial charge in [-0.05, 0) is 51.5 Å². The van der Waals surface area contributed by atoms with Crippen molar-refractivity contribution < 1.29 is 9.18 Å². The lowest BCUT2D eigenvalue weighted by Gasteiger charge is -2.22. The van der Waals surface area contributed by atoms with Crippen LogP contribution in [-0.4, -0.2) is 32.8 Å². The van der Waals surface area contributed by atoms with Crippen LogP contribution in [0.25, 0.3) is 10.9 Å². The number of nitrogens with two attached hydrogens (primary N) is 2. The van der Waals surface area contributed by atoms with Crippen molar-refractivity contribution >= 4 is 34.1 Å². The van der Waals surface area contributed by atoms with Gasteiger partial charge in [-0.1, -0.05) is 6.92 Å². The second-order valence-electron chi connectivity index (χ2n) is 7.36. The largest absolute Gasteiger partial charge is 0.365 e. The summed E-state index contributed by atoms with van der Waals surface area (Å²) in [5, 5.41) is 11.6. The summed E-state index contributed by atoms with van der Waals surface area (Å²) in [6.45, 7) is 8.51. The monoisotopic (exact) mass is 413 g/mol. The number of halogens is 1. The maximum absolute atomic E-state index is 14.6. The van der Waals surface area contributed by atoms with E-state index in [0.29, 0.717) is 12.1 Å². The lowest BCUT2D eigenvalue weighted by atomic mass is 10.1. The third kappa shape index (κ3) is 4.20. The molecule has 1 aromatic carbocycles. The highest BCUT2D eigenvalue weighted by atomic mass is 19.1. The van der Waals surface area contributed by atoms with E-state index in [-0.39, 0.29) is 29.3 Å². The molecule has 0 saturated heterocycles. The van der Waals surface area contributed by atoms with Gasteiger partial charge in [-0.3, -0.25) is 9.48 Å². The first-order valence-electron chi connectivity index (χ1n) is 10.0. The van der Waals surface area contributed by atoms with Crippen LogP contribution in [0.1, 0.15) is 43.2 Å². The molecule has 0 fully saturated rings. The van der Waals surface area contributed by atoms with Crippen molar-refractivity contribution in [3.63, 3.8) is 0 Å². The Morgan fingerprint density at radius 2 is 2.00 bits per heavy atom. The summed E-state index contributed by atoms with van der Waals surface area (Å²) in [7, 11) is 0. The summed E-state index contributed by atoms with van der Waals surface area (Å²) < 4.78 is 16.5. The van der Waals surface area contributed by atoms with Crippen LogP contribution in [-0.2, 0) is 6.54 Å². The highest BCUT2D eigenvalue weighted by Gasteiger charge is 2.20. The average molecular weight is 414 g/mol. The van der Waals surface area contributed by atoms with E-state index in [4.69, 9.17) is 11.5 Å². The first kappa shape index (κ1) is 21.5. The van der Waals surface area contributed by atoms with Crippen molar-refractivity contribution in [2.45, 2.75) is 52.7 Å². The van der Waals surface area contributed by atoms with Crippen LogP contribution >= 0.6 is 0 Å². The van der Waals surface area contributed by atoms with Gasteiger partial charge in [0.2, 0.25) is 0 Å². The zero-order valence-electron chi connectivity index (χ0n) is 17.7. The number of carbonyl (C=O) groups is 1. The normalized spacial score (nSPS) is 13.3. The van der Waals surface area contributed by atoms with Crippen LogP contribution in [0.3, 0.4) is 0 Å². The second kappa shape index (κ2) is 8.66. The molecule has 0 aliphatic rings. The zero-order valence-corrected chi connectivity index (χ0v) is 17.7. The van der Waals surface area contributed by atoms with E-state index in [2.05, 4.69) is 20.7 Å². The van der Waals surface area contributed by atoms with Crippen molar-refractivity contribution in [2.75, 3.05) is 10.6 Å². The van der Waals surface area contributed by atoms with E-state index >= 15 is 0 Å². The number of benzene rings is 1. The highest BCUT2D eigenvalue weighted by molar-refractivity contribution is 5.99. The molecule has 0 aliphatic carbocycles. The van der Waals surface area contributed by atoms with Gasteiger partial charge < -0.3 is 22.1 Å². The Kier molecular flexibility index (Phi) is 6.21. The van der Waals surface area contributed by atoms with Gasteiger partial charge in [-0.25, -0.2) is 9.37 Å². The van der Waals surface area contributed by atoms with Gasteiger partial charge in [0.05, 0.1) is 16.8 Å². The maximum Gasteiger partial charge on any atom is 0.252 e. The third-order valence-electron chi connectivity index (χ3n) is 5.14. The number of amides is 1. The number of fused-ring (bicyclic) bond motifs is 1. The van der Waals surface area contributed by atoms with Crippen molar-refractivity contribution in [1.82, 2.24) is 14.8 Å². The highest BCUT2D eigenvalue weighted by Crippen LogP contribution is 2.28. The number of aromatic nitrogens is 3. The van der Waals surface area contributed by atoms with Crippen LogP contribution in [0.2, 0.25) is 0 Å². The zero-order chi connectivity index (χ0) is 22.0. The molecule has 6 N–H and O–H groups in total. The first-order chi connectivity index (χ1) is 14.2. The molecule has 8 nitrogen and oxygen atoms in total. The molecule has 160 valence electrons. The van der Waals surface area contributed by atoms with Crippen LogP contribution in [0.5, 0.6) is 0 Å². The average Bonchev–Trinajstić information content (AvgIpc) is 3.02. The Morgan fingerprint density at radius 1 is 1.27 bits per heavy atom. The van der Waals surface area contributed by atoms with Crippen molar-refractivity contribution in [2.24, 2.45) is 11.5 Å². The number of hydrogen-bond acceptors (Lipinski definition) is 6. The lowest BCUT2D eigenvalue weighted by Crippen LogP contribution is -2.38. The SMILES string of the molecule is CCC(Nc1nc(Nc2ccc3c(c2)c(C)nn3CC)c(C(N)=O)cc1F)C(C)N. The maximum atomic E-state index is 14.6. The molecule has 2 heterocycles. The number of anilines is 3. The van der Waals surface area contributed by atoms with E-state index in [9.17, 15) is 9.18 Å². The van der Waals surface area contributed by atoms with Gasteiger partial charge in [-0.2, -0.15) is 5.10 Å². The van der Waals surface area contributed by atoms with Crippen molar-refractivity contribution in [1.29, 1.82) is 0 Å². The van der Waals surface area contributed by atoms with Crippen LogP contribution < -0.4 is 22.1 Å². The minimum atomic E-state index is -0.772. The number of hydrogen-bond donors (Lipinski definition) is 4. The molecule has 0 aliphatic heterocycles. The number of pyridine rings is 1. The molecule has 3 aromatic rings. The molecule has 0 bridgehead atoms. The number of rotatable bonds is 8. The number of aryl methyl sites for hydroxylation is 2. The standard InChI is InChI=1S/C21H28FN7O/c1-5-17(11(3)23)26-21-16(22)10-15(19(24)30)20(27-21)25-13-7-8-18-14(9-13)12(4)28-29(18)6-2/h7-11,17H,5-6,23H2,1-4H3,(H2,24,30)(H2,25,26,27). The Balaban J connectivity index is 2.01. The molecule has 0 radical (unpaired) electrons. The van der Waals surface area contributed by atoms with E-state index in [1.165, 1.54) is 0 Å². The van der Waals surface area contributed by atoms with Gasteiger partial charge in [0.15, 0.2) is 11.6 Å². The summed E-state index contributed by atoms with van der Waals surface area (Å²) in [5.41, 5.74) is 14.0. The molecule has 2 unspecified atom stereocenters. The van der Waals surface area contributed by atoms with Crippen LogP contribution in [0.15, 0.2) is 24.3 Å². The molecule has 1 amide bonds. The minimum absolute atomic E-state index is 0.0164. The Labute approximate surface area is 174 Å². The third-order valence-corrected chi connectivity index (χ3v) is 5.14. The first-order valence-corrected chi connectivity index (χ1v) is 10.0. The molecule has 9 heteroatoms. The molecule has 2 aromatic heterocycles. The molecular formula is C21H28FN7O. The summed E-state index contributed by atoms with van der Waals surface area (Å²) in [5.74, 6) is -1.25. The Hall–Kier alpha value is -3.20. The molecular weight excluding hydrogens is 385 g/mol. The Morgan fingerprint density at radius 3 is 2.60 bits per heavy atom. The molecule has 2 atom stereocenters. The fourth-order valence-electron chi connectivity index (χ4n) is 3.45. The number of nitrogens with one attached hydrogen (secondary N) is 2. The molecule has 30 heavy (non-hydrogen) atoms. The van der Waals surface area contributed by atoms with Gasteiger partial charge >= 0.3 is 0 Å². The van der Waals surface area contributed by atoms with E-state index in [0.717, 1.165) is 29.2 Å². The van der Waals surface area contributed by atoms with Gasteiger partial charge in [0.1, 0.15) is 5.82 Å². The van der Waals surface area contributed by atoms with Crippen LogP contribution in [0.4, 0.5) is 21.7 Å². The van der Waals surface area contributed by atoms with Crippen LogP contribution in [0, 0.1) is 12.7 Å². The Bertz CT molecular complexity index is 1080. The smallest absolute Gasteiger partial charge is 0.252 e. The fourth-order valence-corrected chi connectivity index (χ4v) is 3.45. The summed E-state index contributed by atoms with van der Waals surface area (Å²) >= 11 is 0. The van der Waals surface area contributed by atoms with E-state index < -0.39 is 11.7 Å². The quantitative estimate of drug-likeness (QED) is 0.449. The van der Waals surface area contributed by atoms with Gasteiger partial charge in [-0.15, -0.1) is 0 Å². The summed E-state index contributed by atoms with van der Waals surface area (Å²) in [6, 6.07) is 6.44. The van der Waals surface area contributed by atoms with Gasteiger partial charge in [0.25, 0.3) is 5.91 Å². The van der Waals surface area contributed by atoms with E-state index in [1.54, 1.807) is 0 Å². The number of carbonyl (C=O) groups excluding carboxylic acids is 1. The topological polar surface area (TPSA) is 124 Å². The lowest BCUT2D eigenvalue weighted by molar-refractivity contribution is 0.100. The number of nitrogens with zero attached hydrogens (tertiary/aromatic N) is 3. The fraction of sp³-hybridized carbons (Fsp3) is 0.381. The van der Waals surface area contributed by atoms with Gasteiger partial charge in [0, 0.05) is 29.7 Å². The second-order valence-corrected chi connectivity index (χ2v) is 7.36. The summed E-state index contributed by atoms with van der Waals surface area (Å²) in [4.78, 5) is 16.2. The molecule has 0 spiro atoms. The predicted molar refractivity (Wildman–Crippen MR) is 117 cm³/mol.